The molecule has 4 nitrogen and oxygen atoms in total. The first kappa shape index (κ1) is 11.0. The maximum atomic E-state index is 12.1. The van der Waals surface area contributed by atoms with Gasteiger partial charge >= 0.3 is 0 Å². The Morgan fingerprint density at radius 1 is 1.05 bits per heavy atom. The summed E-state index contributed by atoms with van der Waals surface area (Å²) in [4.78, 5) is 16.3. The molecule has 0 unspecified atom stereocenters. The van der Waals surface area contributed by atoms with Gasteiger partial charge in [0, 0.05) is 30.2 Å². The number of imidazole rings is 1. The molecule has 1 aromatic carbocycles. The molecule has 0 aliphatic rings. The fourth-order valence-electron chi connectivity index (χ4n) is 2.31. The van der Waals surface area contributed by atoms with Gasteiger partial charge in [0.1, 0.15) is 17.0 Å². The van der Waals surface area contributed by atoms with Gasteiger partial charge in [0.15, 0.2) is 5.43 Å². The van der Waals surface area contributed by atoms with E-state index in [0.717, 1.165) is 11.2 Å². The van der Waals surface area contributed by atoms with Crippen molar-refractivity contribution in [3.8, 4) is 11.3 Å². The number of hydrogen-bond donors (Lipinski definition) is 0. The quantitative estimate of drug-likeness (QED) is 0.529. The molecule has 0 radical (unpaired) electrons. The molecule has 20 heavy (non-hydrogen) atoms. The molecule has 3 heterocycles. The van der Waals surface area contributed by atoms with E-state index in [1.165, 1.54) is 6.07 Å². The van der Waals surface area contributed by atoms with Crippen LogP contribution in [0.15, 0.2) is 70.3 Å². The highest BCUT2D eigenvalue weighted by Crippen LogP contribution is 2.22. The fourth-order valence-corrected chi connectivity index (χ4v) is 2.31. The number of fused-ring (bicyclic) bond motifs is 2. The maximum absolute atomic E-state index is 12.1. The van der Waals surface area contributed by atoms with Gasteiger partial charge in [0.2, 0.25) is 0 Å². The first-order valence-corrected chi connectivity index (χ1v) is 6.27. The third-order valence-corrected chi connectivity index (χ3v) is 3.32. The lowest BCUT2D eigenvalue weighted by Gasteiger charge is -2.03. The number of rotatable bonds is 1. The molecule has 0 spiro atoms. The van der Waals surface area contributed by atoms with Crippen LogP contribution in [0.4, 0.5) is 0 Å². The van der Waals surface area contributed by atoms with Gasteiger partial charge in [-0.05, 0) is 24.3 Å². The van der Waals surface area contributed by atoms with Gasteiger partial charge in [-0.2, -0.15) is 0 Å². The summed E-state index contributed by atoms with van der Waals surface area (Å²) in [7, 11) is 0. The van der Waals surface area contributed by atoms with Crippen molar-refractivity contribution in [1.29, 1.82) is 0 Å². The number of hydrogen-bond acceptors (Lipinski definition) is 3. The molecule has 4 aromatic rings. The van der Waals surface area contributed by atoms with E-state index in [9.17, 15) is 4.79 Å². The third-order valence-electron chi connectivity index (χ3n) is 3.32. The van der Waals surface area contributed by atoms with Crippen LogP contribution in [0.2, 0.25) is 0 Å². The zero-order chi connectivity index (χ0) is 13.5. The normalized spacial score (nSPS) is 11.2. The second-order valence-electron chi connectivity index (χ2n) is 4.58. The molecule has 0 bridgehead atoms. The Bertz CT molecular complexity index is 982. The summed E-state index contributed by atoms with van der Waals surface area (Å²) in [6.45, 7) is 0. The fraction of sp³-hybridized carbons (Fsp3) is 0. The van der Waals surface area contributed by atoms with Gasteiger partial charge in [-0.1, -0.05) is 12.1 Å². The van der Waals surface area contributed by atoms with Gasteiger partial charge in [-0.3, -0.25) is 4.79 Å². The summed E-state index contributed by atoms with van der Waals surface area (Å²) in [5.74, 6) is 0.555. The predicted octanol–water partition coefficient (Wildman–Crippen LogP) is 3.11. The van der Waals surface area contributed by atoms with Crippen LogP contribution in [-0.4, -0.2) is 9.38 Å². The second kappa shape index (κ2) is 4.06. The Labute approximate surface area is 113 Å². The first-order chi connectivity index (χ1) is 9.81. The van der Waals surface area contributed by atoms with Crippen molar-refractivity contribution in [2.24, 2.45) is 0 Å². The van der Waals surface area contributed by atoms with E-state index in [0.29, 0.717) is 16.7 Å². The maximum Gasteiger partial charge on any atom is 0.193 e. The van der Waals surface area contributed by atoms with Crippen molar-refractivity contribution in [2.45, 2.75) is 0 Å². The topological polar surface area (TPSA) is 47.5 Å². The van der Waals surface area contributed by atoms with Gasteiger partial charge in [0.25, 0.3) is 0 Å². The van der Waals surface area contributed by atoms with Crippen LogP contribution in [0.3, 0.4) is 0 Å². The average Bonchev–Trinajstić information content (AvgIpc) is 2.94. The number of para-hydroxylation sites is 1. The van der Waals surface area contributed by atoms with Crippen molar-refractivity contribution in [1.82, 2.24) is 9.38 Å². The Morgan fingerprint density at radius 2 is 1.95 bits per heavy atom. The summed E-state index contributed by atoms with van der Waals surface area (Å²) < 4.78 is 7.72. The molecular weight excluding hydrogens is 252 g/mol. The largest absolute Gasteiger partial charge is 0.456 e. The van der Waals surface area contributed by atoms with E-state index in [1.807, 2.05) is 41.1 Å². The highest BCUT2D eigenvalue weighted by Gasteiger charge is 2.07. The summed E-state index contributed by atoms with van der Waals surface area (Å²) in [6.07, 6.45) is 5.50. The Balaban J connectivity index is 1.99. The lowest BCUT2D eigenvalue weighted by molar-refractivity contribution is 0.619. The van der Waals surface area contributed by atoms with E-state index >= 15 is 0 Å². The Kier molecular flexibility index (Phi) is 2.23. The van der Waals surface area contributed by atoms with Crippen molar-refractivity contribution in [2.75, 3.05) is 0 Å². The molecule has 4 rings (SSSR count). The molecule has 0 aliphatic heterocycles. The van der Waals surface area contributed by atoms with Crippen molar-refractivity contribution < 1.29 is 4.42 Å². The molecule has 0 saturated heterocycles. The van der Waals surface area contributed by atoms with E-state index in [2.05, 4.69) is 4.98 Å². The standard InChI is InChI=1S/C16H10N2O2/c19-13-10-15(20-14-4-2-1-3-12(13)14)11-5-7-18-8-6-17-16(18)9-11/h1-10H. The van der Waals surface area contributed by atoms with Crippen LogP contribution in [0.1, 0.15) is 0 Å². The molecule has 0 N–H and O–H groups in total. The molecule has 3 aromatic heterocycles. The lowest BCUT2D eigenvalue weighted by atomic mass is 10.1. The molecule has 0 amide bonds. The molecule has 0 aliphatic carbocycles. The Hall–Kier alpha value is -2.88. The molecule has 0 fully saturated rings. The van der Waals surface area contributed by atoms with Crippen molar-refractivity contribution in [3.63, 3.8) is 0 Å². The molecule has 0 atom stereocenters. The molecule has 4 heteroatoms. The highest BCUT2D eigenvalue weighted by atomic mass is 16.3. The van der Waals surface area contributed by atoms with Gasteiger partial charge in [-0.25, -0.2) is 4.98 Å². The molecular formula is C16H10N2O2. The summed E-state index contributed by atoms with van der Waals surface area (Å²) in [5.41, 5.74) is 2.22. The van der Waals surface area contributed by atoms with E-state index < -0.39 is 0 Å². The highest BCUT2D eigenvalue weighted by molar-refractivity contribution is 5.78. The van der Waals surface area contributed by atoms with Gasteiger partial charge in [-0.15, -0.1) is 0 Å². The summed E-state index contributed by atoms with van der Waals surface area (Å²) in [6, 6.07) is 12.6. The third kappa shape index (κ3) is 1.62. The zero-order valence-electron chi connectivity index (χ0n) is 10.5. The average molecular weight is 262 g/mol. The predicted molar refractivity (Wildman–Crippen MR) is 76.7 cm³/mol. The van der Waals surface area contributed by atoms with Crippen LogP contribution in [0.25, 0.3) is 27.9 Å². The first-order valence-electron chi connectivity index (χ1n) is 6.27. The van der Waals surface area contributed by atoms with Crippen molar-refractivity contribution >= 4 is 16.6 Å². The molecule has 0 saturated carbocycles. The minimum Gasteiger partial charge on any atom is -0.456 e. The Morgan fingerprint density at radius 3 is 2.90 bits per heavy atom. The van der Waals surface area contributed by atoms with Crippen LogP contribution < -0.4 is 5.43 Å². The van der Waals surface area contributed by atoms with E-state index in [4.69, 9.17) is 4.42 Å². The smallest absolute Gasteiger partial charge is 0.193 e. The number of pyridine rings is 1. The van der Waals surface area contributed by atoms with E-state index in [1.54, 1.807) is 18.3 Å². The van der Waals surface area contributed by atoms with Crippen LogP contribution in [0.5, 0.6) is 0 Å². The minimum atomic E-state index is -0.0370. The van der Waals surface area contributed by atoms with Gasteiger partial charge < -0.3 is 8.82 Å². The zero-order valence-corrected chi connectivity index (χ0v) is 10.5. The summed E-state index contributed by atoms with van der Waals surface area (Å²) in [5, 5.41) is 0.595. The van der Waals surface area contributed by atoms with Crippen LogP contribution >= 0.6 is 0 Å². The van der Waals surface area contributed by atoms with Gasteiger partial charge in [0.05, 0.1) is 5.39 Å². The van der Waals surface area contributed by atoms with Crippen LogP contribution in [-0.2, 0) is 0 Å². The minimum absolute atomic E-state index is 0.0370. The number of benzene rings is 1. The number of nitrogens with zero attached hydrogens (tertiary/aromatic N) is 2. The number of aromatic nitrogens is 2. The summed E-state index contributed by atoms with van der Waals surface area (Å²) >= 11 is 0. The lowest BCUT2D eigenvalue weighted by Crippen LogP contribution is -2.00. The molecule has 96 valence electrons. The van der Waals surface area contributed by atoms with E-state index in [-0.39, 0.29) is 5.43 Å². The van der Waals surface area contributed by atoms with Crippen molar-refractivity contribution in [3.05, 3.63) is 71.3 Å². The SMILES string of the molecule is O=c1cc(-c2ccn3ccnc3c2)oc2ccccc12. The van der Waals surface area contributed by atoms with Crippen LogP contribution in [0, 0.1) is 0 Å². The monoisotopic (exact) mass is 262 g/mol. The second-order valence-corrected chi connectivity index (χ2v) is 4.58.